The third-order valence-corrected chi connectivity index (χ3v) is 3.32. The zero-order valence-corrected chi connectivity index (χ0v) is 13.2. The second-order valence-electron chi connectivity index (χ2n) is 5.75. The smallest absolute Gasteiger partial charge is 0.242 e. The highest BCUT2D eigenvalue weighted by atomic mass is 16.2. The number of hydrogen-bond donors (Lipinski definition) is 2. The van der Waals surface area contributed by atoms with E-state index < -0.39 is 0 Å². The van der Waals surface area contributed by atoms with E-state index in [2.05, 4.69) is 37.5 Å². The summed E-state index contributed by atoms with van der Waals surface area (Å²) in [6.07, 6.45) is 3.16. The molecule has 0 aliphatic heterocycles. The summed E-state index contributed by atoms with van der Waals surface area (Å²) in [5.41, 5.74) is 2.35. The maximum Gasteiger partial charge on any atom is 0.242 e. The number of aryl methyl sites for hydroxylation is 1. The van der Waals surface area contributed by atoms with Gasteiger partial charge in [0.15, 0.2) is 0 Å². The van der Waals surface area contributed by atoms with Gasteiger partial charge in [-0.3, -0.25) is 4.79 Å². The van der Waals surface area contributed by atoms with Crippen LogP contribution in [0.3, 0.4) is 0 Å². The molecule has 1 aromatic carbocycles. The summed E-state index contributed by atoms with van der Waals surface area (Å²) in [6, 6.07) is 8.01. The maximum absolute atomic E-state index is 12.0. The summed E-state index contributed by atoms with van der Waals surface area (Å²) >= 11 is 0. The van der Waals surface area contributed by atoms with Gasteiger partial charge in [-0.2, -0.15) is 0 Å². The molecule has 1 atom stereocenters. The summed E-state index contributed by atoms with van der Waals surface area (Å²) in [7, 11) is 0. The van der Waals surface area contributed by atoms with Crippen molar-refractivity contribution in [3.63, 3.8) is 0 Å². The minimum absolute atomic E-state index is 0.0666. The molecule has 2 N–H and O–H groups in total. The van der Waals surface area contributed by atoms with Gasteiger partial charge in [-0.1, -0.05) is 45.4 Å². The number of para-hydroxylation sites is 1. The van der Waals surface area contributed by atoms with Gasteiger partial charge < -0.3 is 10.6 Å². The molecule has 3 nitrogen and oxygen atoms in total. The lowest BCUT2D eigenvalue weighted by molar-refractivity contribution is -0.121. The molecule has 0 spiro atoms. The Kier molecular flexibility index (Phi) is 7.13. The van der Waals surface area contributed by atoms with Gasteiger partial charge in [-0.25, -0.2) is 0 Å². The summed E-state index contributed by atoms with van der Waals surface area (Å²) in [6.45, 7) is 9.15. The average molecular weight is 276 g/mol. The molecule has 3 heteroatoms. The Hall–Kier alpha value is -1.51. The first-order valence-electron chi connectivity index (χ1n) is 7.66. The Balaban J connectivity index is 2.52. The predicted molar refractivity (Wildman–Crippen MR) is 86.0 cm³/mol. The van der Waals surface area contributed by atoms with Gasteiger partial charge >= 0.3 is 0 Å². The molecule has 0 saturated heterocycles. The van der Waals surface area contributed by atoms with Gasteiger partial charge in [0, 0.05) is 12.2 Å². The first-order chi connectivity index (χ1) is 9.54. The van der Waals surface area contributed by atoms with Gasteiger partial charge in [0.2, 0.25) is 5.91 Å². The molecule has 1 rings (SSSR count). The summed E-state index contributed by atoms with van der Waals surface area (Å²) in [5, 5.41) is 6.31. The van der Waals surface area contributed by atoms with Crippen LogP contribution < -0.4 is 10.6 Å². The Morgan fingerprint density at radius 3 is 2.55 bits per heavy atom. The van der Waals surface area contributed by atoms with Gasteiger partial charge in [-0.05, 0) is 37.3 Å². The van der Waals surface area contributed by atoms with E-state index in [1.54, 1.807) is 0 Å². The molecule has 1 unspecified atom stereocenters. The largest absolute Gasteiger partial charge is 0.374 e. The van der Waals surface area contributed by atoms with E-state index >= 15 is 0 Å². The summed E-state index contributed by atoms with van der Waals surface area (Å²) < 4.78 is 0. The van der Waals surface area contributed by atoms with Gasteiger partial charge in [-0.15, -0.1) is 0 Å². The molecule has 0 aromatic heterocycles. The predicted octanol–water partition coefficient (Wildman–Crippen LogP) is 3.60. The first-order valence-corrected chi connectivity index (χ1v) is 7.66. The van der Waals surface area contributed by atoms with E-state index in [-0.39, 0.29) is 11.9 Å². The topological polar surface area (TPSA) is 41.1 Å². The molecular formula is C17H28N2O. The van der Waals surface area contributed by atoms with Crippen LogP contribution in [0.5, 0.6) is 0 Å². The van der Waals surface area contributed by atoms with E-state index in [0.717, 1.165) is 31.5 Å². The molecule has 0 bridgehead atoms. The lowest BCUT2D eigenvalue weighted by Crippen LogP contribution is -2.38. The van der Waals surface area contributed by atoms with Crippen molar-refractivity contribution < 1.29 is 4.79 Å². The highest BCUT2D eigenvalue weighted by Crippen LogP contribution is 2.17. The highest BCUT2D eigenvalue weighted by molar-refractivity contribution is 5.84. The molecule has 1 amide bonds. The van der Waals surface area contributed by atoms with Crippen LogP contribution in [-0.4, -0.2) is 18.5 Å². The SMILES string of the molecule is CCCc1ccccc1NC(C)C(=O)NCCC(C)C. The molecular weight excluding hydrogens is 248 g/mol. The minimum Gasteiger partial charge on any atom is -0.374 e. The van der Waals surface area contributed by atoms with Gasteiger partial charge in [0.05, 0.1) is 0 Å². The Labute approximate surface area is 123 Å². The van der Waals surface area contributed by atoms with E-state index in [1.165, 1.54) is 5.56 Å². The molecule has 0 fully saturated rings. The Morgan fingerprint density at radius 1 is 1.20 bits per heavy atom. The second kappa shape index (κ2) is 8.62. The normalized spacial score (nSPS) is 12.2. The van der Waals surface area contributed by atoms with Crippen molar-refractivity contribution in [1.29, 1.82) is 0 Å². The van der Waals surface area contributed by atoms with Crippen LogP contribution >= 0.6 is 0 Å². The van der Waals surface area contributed by atoms with E-state index in [1.807, 2.05) is 25.1 Å². The lowest BCUT2D eigenvalue weighted by atomic mass is 10.1. The second-order valence-corrected chi connectivity index (χ2v) is 5.75. The van der Waals surface area contributed by atoms with Crippen molar-refractivity contribution in [1.82, 2.24) is 5.32 Å². The van der Waals surface area contributed by atoms with Crippen molar-refractivity contribution in [2.45, 2.75) is 53.0 Å². The van der Waals surface area contributed by atoms with E-state index in [9.17, 15) is 4.79 Å². The molecule has 0 heterocycles. The van der Waals surface area contributed by atoms with Crippen molar-refractivity contribution in [2.75, 3.05) is 11.9 Å². The fraction of sp³-hybridized carbons (Fsp3) is 0.588. The number of benzene rings is 1. The highest BCUT2D eigenvalue weighted by Gasteiger charge is 2.13. The van der Waals surface area contributed by atoms with Crippen molar-refractivity contribution in [3.05, 3.63) is 29.8 Å². The molecule has 1 aromatic rings. The lowest BCUT2D eigenvalue weighted by Gasteiger charge is -2.18. The number of carbonyl (C=O) groups is 1. The summed E-state index contributed by atoms with van der Waals surface area (Å²) in [4.78, 5) is 12.0. The zero-order chi connectivity index (χ0) is 15.0. The summed E-state index contributed by atoms with van der Waals surface area (Å²) in [5.74, 6) is 0.681. The molecule has 112 valence electrons. The zero-order valence-electron chi connectivity index (χ0n) is 13.2. The fourth-order valence-corrected chi connectivity index (χ4v) is 2.08. The van der Waals surface area contributed by atoms with Crippen LogP contribution in [0.1, 0.15) is 46.1 Å². The van der Waals surface area contributed by atoms with E-state index in [4.69, 9.17) is 0 Å². The van der Waals surface area contributed by atoms with Crippen LogP contribution in [0.15, 0.2) is 24.3 Å². The van der Waals surface area contributed by atoms with Gasteiger partial charge in [0.1, 0.15) is 6.04 Å². The minimum atomic E-state index is -0.208. The van der Waals surface area contributed by atoms with Crippen LogP contribution in [0.25, 0.3) is 0 Å². The van der Waals surface area contributed by atoms with Crippen molar-refractivity contribution in [3.8, 4) is 0 Å². The van der Waals surface area contributed by atoms with Crippen LogP contribution in [0.2, 0.25) is 0 Å². The fourth-order valence-electron chi connectivity index (χ4n) is 2.08. The molecule has 0 aliphatic rings. The Bertz CT molecular complexity index is 415. The van der Waals surface area contributed by atoms with Crippen LogP contribution in [0.4, 0.5) is 5.69 Å². The first kappa shape index (κ1) is 16.5. The number of anilines is 1. The molecule has 0 aliphatic carbocycles. The van der Waals surface area contributed by atoms with Crippen LogP contribution in [0, 0.1) is 5.92 Å². The number of nitrogens with one attached hydrogen (secondary N) is 2. The molecule has 20 heavy (non-hydrogen) atoms. The average Bonchev–Trinajstić information content (AvgIpc) is 2.40. The molecule has 0 saturated carbocycles. The number of amides is 1. The van der Waals surface area contributed by atoms with Crippen molar-refractivity contribution >= 4 is 11.6 Å². The number of rotatable bonds is 8. The van der Waals surface area contributed by atoms with Crippen LogP contribution in [-0.2, 0) is 11.2 Å². The molecule has 0 radical (unpaired) electrons. The number of hydrogen-bond acceptors (Lipinski definition) is 2. The van der Waals surface area contributed by atoms with Crippen molar-refractivity contribution in [2.24, 2.45) is 5.92 Å². The quantitative estimate of drug-likeness (QED) is 0.761. The number of carbonyl (C=O) groups excluding carboxylic acids is 1. The van der Waals surface area contributed by atoms with Gasteiger partial charge in [0.25, 0.3) is 0 Å². The Morgan fingerprint density at radius 2 is 1.90 bits per heavy atom. The monoisotopic (exact) mass is 276 g/mol. The standard InChI is InChI=1S/C17H28N2O/c1-5-8-15-9-6-7-10-16(15)19-14(4)17(20)18-12-11-13(2)3/h6-7,9-10,13-14,19H,5,8,11-12H2,1-4H3,(H,18,20). The maximum atomic E-state index is 12.0. The third kappa shape index (κ3) is 5.64. The third-order valence-electron chi connectivity index (χ3n) is 3.32. The van der Waals surface area contributed by atoms with E-state index in [0.29, 0.717) is 5.92 Å².